The Balaban J connectivity index is 1.65. The molecule has 1 amide bonds. The summed E-state index contributed by atoms with van der Waals surface area (Å²) in [6.07, 6.45) is 4.75. The van der Waals surface area contributed by atoms with Crippen molar-refractivity contribution in [1.82, 2.24) is 14.8 Å². The first-order valence-electron chi connectivity index (χ1n) is 7.93. The average Bonchev–Trinajstić information content (AvgIpc) is 3.22. The maximum absolute atomic E-state index is 12.1. The minimum absolute atomic E-state index is 0.0547. The number of hydrogen-bond acceptors (Lipinski definition) is 5. The van der Waals surface area contributed by atoms with Gasteiger partial charge < -0.3 is 10.1 Å². The van der Waals surface area contributed by atoms with Gasteiger partial charge in [0, 0.05) is 30.6 Å². The number of methoxy groups -OCH3 is 1. The van der Waals surface area contributed by atoms with Crippen LogP contribution in [0.5, 0.6) is 5.75 Å². The lowest BCUT2D eigenvalue weighted by Crippen LogP contribution is -2.12. The van der Waals surface area contributed by atoms with Gasteiger partial charge in [-0.3, -0.25) is 9.48 Å². The van der Waals surface area contributed by atoms with E-state index in [4.69, 9.17) is 4.74 Å². The Hall–Kier alpha value is -2.67. The Morgan fingerprint density at radius 2 is 2.24 bits per heavy atom. The quantitative estimate of drug-likeness (QED) is 0.735. The summed E-state index contributed by atoms with van der Waals surface area (Å²) in [6, 6.07) is 5.95. The van der Waals surface area contributed by atoms with E-state index in [9.17, 15) is 4.79 Å². The molecule has 0 radical (unpaired) electrons. The summed E-state index contributed by atoms with van der Waals surface area (Å²) < 4.78 is 7.14. The van der Waals surface area contributed by atoms with E-state index in [1.807, 2.05) is 43.7 Å². The fraction of sp³-hybridized carbons (Fsp3) is 0.278. The first kappa shape index (κ1) is 17.2. The molecule has 0 fully saturated rings. The van der Waals surface area contributed by atoms with Crippen LogP contribution in [0.25, 0.3) is 11.3 Å². The fourth-order valence-corrected chi connectivity index (χ4v) is 3.24. The Kier molecular flexibility index (Phi) is 5.14. The standard InChI is InChI=1S/C18H20N4O2S/c1-12-4-6-16(24-3)14(8-12)15-11-25-18(20-15)21-17(23)7-5-13-9-19-22(2)10-13/h4,6,8-11H,5,7H2,1-3H3,(H,20,21,23). The van der Waals surface area contributed by atoms with Gasteiger partial charge in [-0.1, -0.05) is 11.6 Å². The van der Waals surface area contributed by atoms with Crippen molar-refractivity contribution in [2.75, 3.05) is 12.4 Å². The fourth-order valence-electron chi connectivity index (χ4n) is 2.52. The highest BCUT2D eigenvalue weighted by molar-refractivity contribution is 7.14. The smallest absolute Gasteiger partial charge is 0.226 e. The maximum atomic E-state index is 12.1. The molecule has 0 bridgehead atoms. The van der Waals surface area contributed by atoms with Crippen molar-refractivity contribution in [2.45, 2.75) is 19.8 Å². The molecule has 3 aromatic rings. The second-order valence-corrected chi connectivity index (χ2v) is 6.67. The lowest BCUT2D eigenvalue weighted by atomic mass is 10.1. The second kappa shape index (κ2) is 7.48. The number of anilines is 1. The zero-order valence-electron chi connectivity index (χ0n) is 14.4. The molecule has 0 spiro atoms. The normalized spacial score (nSPS) is 10.7. The number of amides is 1. The van der Waals surface area contributed by atoms with E-state index in [2.05, 4.69) is 15.4 Å². The summed E-state index contributed by atoms with van der Waals surface area (Å²) in [5.74, 6) is 0.714. The number of benzene rings is 1. The van der Waals surface area contributed by atoms with Crippen molar-refractivity contribution in [1.29, 1.82) is 0 Å². The van der Waals surface area contributed by atoms with Gasteiger partial charge in [0.25, 0.3) is 0 Å². The summed E-state index contributed by atoms with van der Waals surface area (Å²) in [7, 11) is 3.50. The van der Waals surface area contributed by atoms with Crippen LogP contribution in [-0.2, 0) is 18.3 Å². The minimum atomic E-state index is -0.0547. The van der Waals surface area contributed by atoms with Gasteiger partial charge in [0.05, 0.1) is 19.0 Å². The molecular weight excluding hydrogens is 336 g/mol. The van der Waals surface area contributed by atoms with E-state index in [1.165, 1.54) is 11.3 Å². The van der Waals surface area contributed by atoms with E-state index < -0.39 is 0 Å². The Bertz CT molecular complexity index is 885. The van der Waals surface area contributed by atoms with E-state index in [0.29, 0.717) is 18.0 Å². The Labute approximate surface area is 150 Å². The lowest BCUT2D eigenvalue weighted by molar-refractivity contribution is -0.116. The molecule has 7 heteroatoms. The molecule has 0 aliphatic rings. The van der Waals surface area contributed by atoms with Gasteiger partial charge in [0.15, 0.2) is 5.13 Å². The highest BCUT2D eigenvalue weighted by atomic mass is 32.1. The third kappa shape index (κ3) is 4.24. The van der Waals surface area contributed by atoms with E-state index >= 15 is 0 Å². The molecule has 6 nitrogen and oxygen atoms in total. The first-order chi connectivity index (χ1) is 12.0. The number of hydrogen-bond donors (Lipinski definition) is 1. The highest BCUT2D eigenvalue weighted by Gasteiger charge is 2.12. The number of carbonyl (C=O) groups excluding carboxylic acids is 1. The van der Waals surface area contributed by atoms with Gasteiger partial charge in [-0.25, -0.2) is 4.98 Å². The summed E-state index contributed by atoms with van der Waals surface area (Å²) in [4.78, 5) is 16.6. The zero-order valence-corrected chi connectivity index (χ0v) is 15.3. The first-order valence-corrected chi connectivity index (χ1v) is 8.81. The van der Waals surface area contributed by atoms with Crippen LogP contribution in [0.15, 0.2) is 36.0 Å². The van der Waals surface area contributed by atoms with Crippen molar-refractivity contribution in [3.63, 3.8) is 0 Å². The molecule has 0 atom stereocenters. The Morgan fingerprint density at radius 3 is 2.96 bits per heavy atom. The number of thiazole rings is 1. The molecule has 3 rings (SSSR count). The number of aryl methyl sites for hydroxylation is 3. The number of ether oxygens (including phenoxy) is 1. The predicted molar refractivity (Wildman–Crippen MR) is 99.0 cm³/mol. The molecule has 0 saturated heterocycles. The molecule has 2 heterocycles. The molecule has 0 aliphatic carbocycles. The van der Waals surface area contributed by atoms with Crippen LogP contribution in [-0.4, -0.2) is 27.8 Å². The summed E-state index contributed by atoms with van der Waals surface area (Å²) >= 11 is 1.41. The Morgan fingerprint density at radius 1 is 1.40 bits per heavy atom. The third-order valence-electron chi connectivity index (χ3n) is 3.78. The van der Waals surface area contributed by atoms with Gasteiger partial charge in [0.1, 0.15) is 5.75 Å². The zero-order chi connectivity index (χ0) is 17.8. The minimum Gasteiger partial charge on any atom is -0.496 e. The lowest BCUT2D eigenvalue weighted by Gasteiger charge is -2.07. The van der Waals surface area contributed by atoms with Crippen LogP contribution >= 0.6 is 11.3 Å². The van der Waals surface area contributed by atoms with Crippen molar-refractivity contribution in [3.05, 3.63) is 47.1 Å². The number of nitrogens with zero attached hydrogens (tertiary/aromatic N) is 3. The molecule has 1 aromatic carbocycles. The SMILES string of the molecule is COc1ccc(C)cc1-c1csc(NC(=O)CCc2cnn(C)c2)n1. The van der Waals surface area contributed by atoms with E-state index in [-0.39, 0.29) is 5.91 Å². The summed E-state index contributed by atoms with van der Waals surface area (Å²) in [5.41, 5.74) is 3.90. The number of aromatic nitrogens is 3. The van der Waals surface area contributed by atoms with Crippen LogP contribution in [0.1, 0.15) is 17.5 Å². The molecule has 0 aliphatic heterocycles. The molecular formula is C18H20N4O2S. The van der Waals surface area contributed by atoms with Crippen LogP contribution in [0, 0.1) is 6.92 Å². The highest BCUT2D eigenvalue weighted by Crippen LogP contribution is 2.33. The number of rotatable bonds is 6. The summed E-state index contributed by atoms with van der Waals surface area (Å²) in [5, 5.41) is 9.48. The van der Waals surface area contributed by atoms with Crippen LogP contribution in [0.4, 0.5) is 5.13 Å². The average molecular weight is 356 g/mol. The monoisotopic (exact) mass is 356 g/mol. The van der Waals surface area contributed by atoms with Gasteiger partial charge >= 0.3 is 0 Å². The third-order valence-corrected chi connectivity index (χ3v) is 4.54. The van der Waals surface area contributed by atoms with E-state index in [1.54, 1.807) is 18.0 Å². The maximum Gasteiger partial charge on any atom is 0.226 e. The second-order valence-electron chi connectivity index (χ2n) is 5.81. The molecule has 0 unspecified atom stereocenters. The molecule has 1 N–H and O–H groups in total. The van der Waals surface area contributed by atoms with Crippen LogP contribution in [0.2, 0.25) is 0 Å². The molecule has 130 valence electrons. The topological polar surface area (TPSA) is 69.0 Å². The van der Waals surface area contributed by atoms with E-state index in [0.717, 1.165) is 28.1 Å². The summed E-state index contributed by atoms with van der Waals surface area (Å²) in [6.45, 7) is 2.02. The molecule has 25 heavy (non-hydrogen) atoms. The largest absolute Gasteiger partial charge is 0.496 e. The molecule has 0 saturated carbocycles. The molecule has 2 aromatic heterocycles. The van der Waals surface area contributed by atoms with Gasteiger partial charge in [0.2, 0.25) is 5.91 Å². The van der Waals surface area contributed by atoms with Crippen molar-refractivity contribution < 1.29 is 9.53 Å². The van der Waals surface area contributed by atoms with Gasteiger partial charge in [-0.2, -0.15) is 5.10 Å². The number of carbonyl (C=O) groups is 1. The van der Waals surface area contributed by atoms with Crippen LogP contribution in [0.3, 0.4) is 0 Å². The van der Waals surface area contributed by atoms with Crippen molar-refractivity contribution >= 4 is 22.4 Å². The number of nitrogens with one attached hydrogen (secondary N) is 1. The van der Waals surface area contributed by atoms with Crippen molar-refractivity contribution in [3.8, 4) is 17.0 Å². The van der Waals surface area contributed by atoms with Gasteiger partial charge in [-0.15, -0.1) is 11.3 Å². The van der Waals surface area contributed by atoms with Crippen molar-refractivity contribution in [2.24, 2.45) is 7.05 Å². The van der Waals surface area contributed by atoms with Crippen LogP contribution < -0.4 is 10.1 Å². The predicted octanol–water partition coefficient (Wildman–Crippen LogP) is 3.43. The van der Waals surface area contributed by atoms with Gasteiger partial charge in [-0.05, 0) is 31.0 Å².